The van der Waals surface area contributed by atoms with Crippen LogP contribution in [0.4, 0.5) is 0 Å². The number of rotatable bonds is 5. The minimum Gasteiger partial charge on any atom is -0.375 e. The summed E-state index contributed by atoms with van der Waals surface area (Å²) in [4.78, 5) is 4.19. The van der Waals surface area contributed by atoms with Gasteiger partial charge in [-0.1, -0.05) is 6.07 Å². The molecule has 0 unspecified atom stereocenters. The summed E-state index contributed by atoms with van der Waals surface area (Å²) in [6.45, 7) is 5.03. The zero-order chi connectivity index (χ0) is 13.9. The van der Waals surface area contributed by atoms with Crippen LogP contribution in [0.15, 0.2) is 24.5 Å². The van der Waals surface area contributed by atoms with E-state index in [2.05, 4.69) is 30.2 Å². The van der Waals surface area contributed by atoms with Crippen LogP contribution in [-0.2, 0) is 9.47 Å². The molecule has 110 valence electrons. The fraction of sp³-hybridized carbons (Fsp3) is 0.688. The van der Waals surface area contributed by atoms with Gasteiger partial charge in [0.15, 0.2) is 0 Å². The van der Waals surface area contributed by atoms with Crippen molar-refractivity contribution < 1.29 is 9.47 Å². The van der Waals surface area contributed by atoms with Crippen molar-refractivity contribution in [2.45, 2.75) is 63.5 Å². The van der Waals surface area contributed by atoms with E-state index in [0.717, 1.165) is 25.9 Å². The normalized spacial score (nSPS) is 33.4. The maximum atomic E-state index is 5.88. The van der Waals surface area contributed by atoms with Crippen LogP contribution in [0.5, 0.6) is 0 Å². The second-order valence-corrected chi connectivity index (χ2v) is 6.11. The summed E-state index contributed by atoms with van der Waals surface area (Å²) in [5.74, 6) is 0. The van der Waals surface area contributed by atoms with Gasteiger partial charge < -0.3 is 14.8 Å². The summed E-state index contributed by atoms with van der Waals surface area (Å²) in [7, 11) is 0. The van der Waals surface area contributed by atoms with E-state index in [4.69, 9.17) is 9.47 Å². The first kappa shape index (κ1) is 14.0. The van der Waals surface area contributed by atoms with Gasteiger partial charge in [0.25, 0.3) is 0 Å². The maximum Gasteiger partial charge on any atom is 0.0993 e. The minimum absolute atomic E-state index is 0.147. The van der Waals surface area contributed by atoms with Gasteiger partial charge in [0, 0.05) is 36.6 Å². The number of nitrogens with one attached hydrogen (secondary N) is 1. The number of hydrogen-bond donors (Lipinski definition) is 1. The first-order valence-corrected chi connectivity index (χ1v) is 7.65. The maximum absolute atomic E-state index is 5.88. The van der Waals surface area contributed by atoms with Gasteiger partial charge in [0.1, 0.15) is 0 Å². The number of hydrogen-bond acceptors (Lipinski definition) is 4. The molecule has 1 saturated carbocycles. The molecule has 1 saturated heterocycles. The Balaban J connectivity index is 1.51. The van der Waals surface area contributed by atoms with E-state index in [1.54, 1.807) is 6.20 Å². The van der Waals surface area contributed by atoms with E-state index in [1.807, 2.05) is 12.3 Å². The molecule has 20 heavy (non-hydrogen) atoms. The summed E-state index contributed by atoms with van der Waals surface area (Å²) in [5, 5.41) is 3.73. The Morgan fingerprint density at radius 2 is 2.25 bits per heavy atom. The fourth-order valence-electron chi connectivity index (χ4n) is 3.13. The zero-order valence-corrected chi connectivity index (χ0v) is 12.3. The van der Waals surface area contributed by atoms with Crippen molar-refractivity contribution in [3.05, 3.63) is 30.1 Å². The first-order valence-electron chi connectivity index (χ1n) is 7.65. The molecule has 2 heterocycles. The van der Waals surface area contributed by atoms with Crippen LogP contribution < -0.4 is 5.32 Å². The molecule has 1 aromatic rings. The highest BCUT2D eigenvalue weighted by atomic mass is 16.5. The number of aromatic nitrogens is 1. The summed E-state index contributed by atoms with van der Waals surface area (Å²) in [6, 6.07) is 5.06. The molecule has 1 aliphatic carbocycles. The Morgan fingerprint density at radius 3 is 2.95 bits per heavy atom. The first-order chi connectivity index (χ1) is 9.72. The van der Waals surface area contributed by atoms with Gasteiger partial charge in [-0.3, -0.25) is 4.98 Å². The molecule has 1 aromatic heterocycles. The third-order valence-electron chi connectivity index (χ3n) is 4.11. The highest BCUT2D eigenvalue weighted by Crippen LogP contribution is 2.32. The van der Waals surface area contributed by atoms with Crippen LogP contribution in [0.1, 0.15) is 44.8 Å². The molecule has 0 spiro atoms. The Labute approximate surface area is 120 Å². The monoisotopic (exact) mass is 276 g/mol. The highest BCUT2D eigenvalue weighted by molar-refractivity contribution is 5.16. The van der Waals surface area contributed by atoms with E-state index < -0.39 is 0 Å². The van der Waals surface area contributed by atoms with Crippen LogP contribution >= 0.6 is 0 Å². The van der Waals surface area contributed by atoms with Crippen molar-refractivity contribution >= 4 is 0 Å². The lowest BCUT2D eigenvalue weighted by atomic mass is 9.87. The minimum atomic E-state index is 0.147. The molecule has 0 bridgehead atoms. The molecule has 4 nitrogen and oxygen atoms in total. The van der Waals surface area contributed by atoms with Gasteiger partial charge in [-0.2, -0.15) is 0 Å². The largest absolute Gasteiger partial charge is 0.375 e. The molecule has 4 heteroatoms. The molecule has 1 N–H and O–H groups in total. The van der Waals surface area contributed by atoms with E-state index in [9.17, 15) is 0 Å². The SMILES string of the molecule is CC(C)OC1CC(N[C@H]2CCO[C@@H]2c2cccnc2)C1. The second-order valence-electron chi connectivity index (χ2n) is 6.11. The smallest absolute Gasteiger partial charge is 0.0993 e. The Bertz CT molecular complexity index is 418. The predicted octanol–water partition coefficient (Wildman–Crippen LogP) is 2.46. The van der Waals surface area contributed by atoms with Gasteiger partial charge in [-0.05, 0) is 39.2 Å². The molecule has 2 atom stereocenters. The van der Waals surface area contributed by atoms with Crippen molar-refractivity contribution in [1.82, 2.24) is 10.3 Å². The average molecular weight is 276 g/mol. The number of ether oxygens (including phenoxy) is 2. The quantitative estimate of drug-likeness (QED) is 0.897. The van der Waals surface area contributed by atoms with Gasteiger partial charge in [-0.15, -0.1) is 0 Å². The molecule has 0 radical (unpaired) electrons. The average Bonchev–Trinajstić information content (AvgIpc) is 2.85. The molecule has 2 aliphatic rings. The van der Waals surface area contributed by atoms with Crippen molar-refractivity contribution in [2.75, 3.05) is 6.61 Å². The van der Waals surface area contributed by atoms with Crippen molar-refractivity contribution in [1.29, 1.82) is 0 Å². The summed E-state index contributed by atoms with van der Waals surface area (Å²) < 4.78 is 11.7. The third-order valence-corrected chi connectivity index (χ3v) is 4.11. The second kappa shape index (κ2) is 6.20. The van der Waals surface area contributed by atoms with E-state index >= 15 is 0 Å². The van der Waals surface area contributed by atoms with Gasteiger partial charge in [0.05, 0.1) is 18.3 Å². The Hall–Kier alpha value is -0.970. The van der Waals surface area contributed by atoms with Crippen LogP contribution in [-0.4, -0.2) is 35.9 Å². The molecule has 2 fully saturated rings. The Morgan fingerprint density at radius 1 is 1.40 bits per heavy atom. The molecule has 1 aliphatic heterocycles. The van der Waals surface area contributed by atoms with Crippen LogP contribution in [0, 0.1) is 0 Å². The third kappa shape index (κ3) is 3.19. The van der Waals surface area contributed by atoms with Gasteiger partial charge in [0.2, 0.25) is 0 Å². The summed E-state index contributed by atoms with van der Waals surface area (Å²) in [5.41, 5.74) is 1.18. The van der Waals surface area contributed by atoms with E-state index in [1.165, 1.54) is 5.56 Å². The molecular formula is C16H24N2O2. The summed E-state index contributed by atoms with van der Waals surface area (Å²) in [6.07, 6.45) is 7.95. The van der Waals surface area contributed by atoms with E-state index in [-0.39, 0.29) is 6.10 Å². The van der Waals surface area contributed by atoms with Crippen molar-refractivity contribution in [2.24, 2.45) is 0 Å². The lowest BCUT2D eigenvalue weighted by Crippen LogP contribution is -2.50. The predicted molar refractivity (Wildman–Crippen MR) is 77.5 cm³/mol. The molecule has 3 rings (SSSR count). The van der Waals surface area contributed by atoms with Gasteiger partial charge in [-0.25, -0.2) is 0 Å². The van der Waals surface area contributed by atoms with Gasteiger partial charge >= 0.3 is 0 Å². The van der Waals surface area contributed by atoms with Crippen LogP contribution in [0.2, 0.25) is 0 Å². The van der Waals surface area contributed by atoms with Crippen molar-refractivity contribution in [3.63, 3.8) is 0 Å². The standard InChI is InChI=1S/C16H24N2O2/c1-11(2)20-14-8-13(9-14)18-15-5-7-19-16(15)12-4-3-6-17-10-12/h3-4,6,10-11,13-16,18H,5,7-9H2,1-2H3/t13?,14?,15-,16+/m0/s1. The highest BCUT2D eigenvalue weighted by Gasteiger charge is 2.36. The number of pyridine rings is 1. The summed E-state index contributed by atoms with van der Waals surface area (Å²) >= 11 is 0. The lowest BCUT2D eigenvalue weighted by Gasteiger charge is -2.39. The molecular weight excluding hydrogens is 252 g/mol. The van der Waals surface area contributed by atoms with E-state index in [0.29, 0.717) is 24.3 Å². The Kier molecular flexibility index (Phi) is 4.34. The topological polar surface area (TPSA) is 43.4 Å². The molecule has 0 amide bonds. The lowest BCUT2D eigenvalue weighted by molar-refractivity contribution is -0.0530. The zero-order valence-electron chi connectivity index (χ0n) is 12.3. The number of nitrogens with zero attached hydrogens (tertiary/aromatic N) is 1. The van der Waals surface area contributed by atoms with Crippen LogP contribution in [0.25, 0.3) is 0 Å². The van der Waals surface area contributed by atoms with Crippen LogP contribution in [0.3, 0.4) is 0 Å². The fourth-order valence-corrected chi connectivity index (χ4v) is 3.13. The van der Waals surface area contributed by atoms with Crippen molar-refractivity contribution in [3.8, 4) is 0 Å². The molecule has 0 aromatic carbocycles.